The summed E-state index contributed by atoms with van der Waals surface area (Å²) in [5, 5.41) is 2.80. The minimum Gasteiger partial charge on any atom is -0.378 e. The van der Waals surface area contributed by atoms with Crippen LogP contribution in [0.3, 0.4) is 0 Å². The van der Waals surface area contributed by atoms with E-state index in [1.165, 1.54) is 0 Å². The highest BCUT2D eigenvalue weighted by Crippen LogP contribution is 2.24. The third kappa shape index (κ3) is 3.45. The van der Waals surface area contributed by atoms with Crippen molar-refractivity contribution in [2.45, 2.75) is 38.3 Å². The monoisotopic (exact) mass is 269 g/mol. The van der Waals surface area contributed by atoms with E-state index in [0.717, 1.165) is 19.3 Å². The highest BCUT2D eigenvalue weighted by Gasteiger charge is 2.32. The first-order chi connectivity index (χ1) is 9.09. The molecular formula is C13H23N3O3. The van der Waals surface area contributed by atoms with Gasteiger partial charge in [-0.05, 0) is 19.8 Å². The minimum atomic E-state index is -0.488. The molecule has 1 saturated carbocycles. The van der Waals surface area contributed by atoms with Gasteiger partial charge in [0.2, 0.25) is 11.8 Å². The van der Waals surface area contributed by atoms with Gasteiger partial charge in [0.05, 0.1) is 19.1 Å². The molecule has 0 radical (unpaired) electrons. The lowest BCUT2D eigenvalue weighted by molar-refractivity contribution is -0.140. The predicted molar refractivity (Wildman–Crippen MR) is 70.3 cm³/mol. The lowest BCUT2D eigenvalue weighted by Crippen LogP contribution is -2.52. The van der Waals surface area contributed by atoms with Gasteiger partial charge in [-0.1, -0.05) is 6.42 Å². The van der Waals surface area contributed by atoms with Crippen molar-refractivity contribution in [2.75, 3.05) is 26.3 Å². The number of morpholine rings is 1. The van der Waals surface area contributed by atoms with Crippen LogP contribution < -0.4 is 11.1 Å². The second kappa shape index (κ2) is 6.34. The lowest BCUT2D eigenvalue weighted by Gasteiger charge is -2.30. The molecule has 3 N–H and O–H groups in total. The molecule has 3 atom stereocenters. The smallest absolute Gasteiger partial charge is 0.245 e. The normalized spacial score (nSPS) is 29.1. The largest absolute Gasteiger partial charge is 0.378 e. The first-order valence-corrected chi connectivity index (χ1v) is 7.02. The molecule has 0 bridgehead atoms. The number of hydrogen-bond acceptors (Lipinski definition) is 4. The molecule has 108 valence electrons. The second-order valence-electron chi connectivity index (χ2n) is 5.37. The van der Waals surface area contributed by atoms with Crippen molar-refractivity contribution in [2.24, 2.45) is 11.7 Å². The van der Waals surface area contributed by atoms with Crippen LogP contribution in [0.2, 0.25) is 0 Å². The maximum absolute atomic E-state index is 12.2. The van der Waals surface area contributed by atoms with Crippen molar-refractivity contribution < 1.29 is 14.3 Å². The molecule has 2 aliphatic rings. The van der Waals surface area contributed by atoms with Crippen LogP contribution in [0.5, 0.6) is 0 Å². The summed E-state index contributed by atoms with van der Waals surface area (Å²) in [6.07, 6.45) is 2.71. The van der Waals surface area contributed by atoms with Crippen LogP contribution in [0.4, 0.5) is 0 Å². The average Bonchev–Trinajstić information content (AvgIpc) is 2.85. The maximum atomic E-state index is 12.2. The summed E-state index contributed by atoms with van der Waals surface area (Å²) < 4.78 is 5.21. The molecule has 1 saturated heterocycles. The summed E-state index contributed by atoms with van der Waals surface area (Å²) in [5.41, 5.74) is 5.90. The molecule has 19 heavy (non-hydrogen) atoms. The van der Waals surface area contributed by atoms with Crippen molar-refractivity contribution >= 4 is 11.8 Å². The molecule has 2 fully saturated rings. The van der Waals surface area contributed by atoms with Crippen LogP contribution in [-0.2, 0) is 14.3 Å². The maximum Gasteiger partial charge on any atom is 0.245 e. The van der Waals surface area contributed by atoms with Crippen LogP contribution >= 0.6 is 0 Å². The van der Waals surface area contributed by atoms with Crippen molar-refractivity contribution in [1.29, 1.82) is 0 Å². The Hall–Kier alpha value is -1.14. The SMILES string of the molecule is CC(NC(=O)C1CCCC1N)C(=O)N1CCOCC1. The zero-order chi connectivity index (χ0) is 13.8. The molecule has 0 aromatic carbocycles. The number of ether oxygens (including phenoxy) is 1. The van der Waals surface area contributed by atoms with Gasteiger partial charge in [-0.25, -0.2) is 0 Å². The van der Waals surface area contributed by atoms with E-state index < -0.39 is 6.04 Å². The molecule has 6 heteroatoms. The highest BCUT2D eigenvalue weighted by molar-refractivity contribution is 5.88. The van der Waals surface area contributed by atoms with Crippen molar-refractivity contribution in [1.82, 2.24) is 10.2 Å². The van der Waals surface area contributed by atoms with Crippen molar-refractivity contribution in [3.05, 3.63) is 0 Å². The third-order valence-electron chi connectivity index (χ3n) is 3.96. The van der Waals surface area contributed by atoms with E-state index in [1.54, 1.807) is 11.8 Å². The number of rotatable bonds is 3. The van der Waals surface area contributed by atoms with E-state index in [0.29, 0.717) is 26.3 Å². The topological polar surface area (TPSA) is 84.7 Å². The molecule has 0 aromatic rings. The van der Waals surface area contributed by atoms with Gasteiger partial charge in [-0.15, -0.1) is 0 Å². The quantitative estimate of drug-likeness (QED) is 0.722. The first kappa shape index (κ1) is 14.3. The van der Waals surface area contributed by atoms with E-state index in [9.17, 15) is 9.59 Å². The van der Waals surface area contributed by atoms with E-state index in [1.807, 2.05) is 0 Å². The molecule has 1 aliphatic carbocycles. The Bertz CT molecular complexity index is 342. The number of nitrogens with zero attached hydrogens (tertiary/aromatic N) is 1. The molecule has 0 aromatic heterocycles. The lowest BCUT2D eigenvalue weighted by atomic mass is 10.0. The Morgan fingerprint density at radius 3 is 2.58 bits per heavy atom. The molecule has 2 amide bonds. The molecule has 0 spiro atoms. The average molecular weight is 269 g/mol. The third-order valence-corrected chi connectivity index (χ3v) is 3.96. The van der Waals surface area contributed by atoms with E-state index in [-0.39, 0.29) is 23.8 Å². The standard InChI is InChI=1S/C13H23N3O3/c1-9(13(18)16-5-7-19-8-6-16)15-12(17)10-3-2-4-11(10)14/h9-11H,2-8,14H2,1H3,(H,15,17). The molecule has 2 rings (SSSR count). The molecule has 6 nitrogen and oxygen atoms in total. The van der Waals surface area contributed by atoms with Gasteiger partial charge in [0.1, 0.15) is 6.04 Å². The van der Waals surface area contributed by atoms with Crippen LogP contribution in [0.15, 0.2) is 0 Å². The molecule has 1 aliphatic heterocycles. The second-order valence-corrected chi connectivity index (χ2v) is 5.37. The van der Waals surface area contributed by atoms with Gasteiger partial charge in [0.25, 0.3) is 0 Å². The Balaban J connectivity index is 1.83. The Kier molecular flexibility index (Phi) is 4.76. The fourth-order valence-corrected chi connectivity index (χ4v) is 2.75. The predicted octanol–water partition coefficient (Wildman–Crippen LogP) is -0.523. The van der Waals surface area contributed by atoms with Crippen molar-refractivity contribution in [3.8, 4) is 0 Å². The summed E-state index contributed by atoms with van der Waals surface area (Å²) in [6, 6.07) is -0.552. The fourth-order valence-electron chi connectivity index (χ4n) is 2.75. The van der Waals surface area contributed by atoms with Crippen LogP contribution in [0, 0.1) is 5.92 Å². The number of nitrogens with two attached hydrogens (primary N) is 1. The molecule has 3 unspecified atom stereocenters. The van der Waals surface area contributed by atoms with Gasteiger partial charge < -0.3 is 20.7 Å². The van der Waals surface area contributed by atoms with E-state index in [4.69, 9.17) is 10.5 Å². The van der Waals surface area contributed by atoms with Gasteiger partial charge in [-0.3, -0.25) is 9.59 Å². The van der Waals surface area contributed by atoms with Crippen molar-refractivity contribution in [3.63, 3.8) is 0 Å². The first-order valence-electron chi connectivity index (χ1n) is 7.02. The zero-order valence-corrected chi connectivity index (χ0v) is 11.4. The Morgan fingerprint density at radius 1 is 1.32 bits per heavy atom. The summed E-state index contributed by atoms with van der Waals surface area (Å²) in [6.45, 7) is 4.07. The summed E-state index contributed by atoms with van der Waals surface area (Å²) in [7, 11) is 0. The van der Waals surface area contributed by atoms with Crippen LogP contribution in [0.25, 0.3) is 0 Å². The number of carbonyl (C=O) groups is 2. The van der Waals surface area contributed by atoms with Gasteiger partial charge in [0.15, 0.2) is 0 Å². The number of hydrogen-bond donors (Lipinski definition) is 2. The van der Waals surface area contributed by atoms with Gasteiger partial charge in [-0.2, -0.15) is 0 Å². The number of nitrogens with one attached hydrogen (secondary N) is 1. The summed E-state index contributed by atoms with van der Waals surface area (Å²) >= 11 is 0. The summed E-state index contributed by atoms with van der Waals surface area (Å²) in [5.74, 6) is -0.262. The van der Waals surface area contributed by atoms with Crippen LogP contribution in [0.1, 0.15) is 26.2 Å². The van der Waals surface area contributed by atoms with Gasteiger partial charge in [0, 0.05) is 19.1 Å². The highest BCUT2D eigenvalue weighted by atomic mass is 16.5. The fraction of sp³-hybridized carbons (Fsp3) is 0.846. The Morgan fingerprint density at radius 2 is 2.00 bits per heavy atom. The zero-order valence-electron chi connectivity index (χ0n) is 11.4. The van der Waals surface area contributed by atoms with Crippen LogP contribution in [-0.4, -0.2) is 55.1 Å². The molecule has 1 heterocycles. The van der Waals surface area contributed by atoms with Gasteiger partial charge >= 0.3 is 0 Å². The molecular weight excluding hydrogens is 246 g/mol. The number of amides is 2. The number of carbonyl (C=O) groups excluding carboxylic acids is 2. The van der Waals surface area contributed by atoms with E-state index in [2.05, 4.69) is 5.32 Å². The minimum absolute atomic E-state index is 0.0387. The summed E-state index contributed by atoms with van der Waals surface area (Å²) in [4.78, 5) is 26.0. The Labute approximate surface area is 113 Å². The van der Waals surface area contributed by atoms with E-state index >= 15 is 0 Å².